The molecule has 0 heterocycles. The third-order valence-corrected chi connectivity index (χ3v) is 10.6. The van der Waals surface area contributed by atoms with E-state index >= 15 is 0 Å². The lowest BCUT2D eigenvalue weighted by Gasteiger charge is -2.14. The normalized spacial score (nSPS) is 13.8. The van der Waals surface area contributed by atoms with Gasteiger partial charge in [-0.1, -0.05) is 127 Å². The quantitative estimate of drug-likeness (QED) is 0.0368. The Morgan fingerprint density at radius 3 is 1.95 bits per heavy atom. The third-order valence-electron chi connectivity index (χ3n) is 10.6. The Balaban J connectivity index is 1.14. The Hall–Kier alpha value is -4.13. The molecule has 300 valence electrons. The molecule has 55 heavy (non-hydrogen) atoms. The lowest BCUT2D eigenvalue weighted by atomic mass is 9.97. The summed E-state index contributed by atoms with van der Waals surface area (Å²) in [4.78, 5) is 38.0. The van der Waals surface area contributed by atoms with Crippen LogP contribution in [0, 0.1) is 5.92 Å². The lowest BCUT2D eigenvalue weighted by molar-refractivity contribution is -0.145. The molecule has 4 rings (SSSR count). The molecular formula is C48H66O7. The number of carbonyl (C=O) groups is 3. The summed E-state index contributed by atoms with van der Waals surface area (Å²) in [5, 5.41) is 0. The van der Waals surface area contributed by atoms with Crippen LogP contribution in [0.25, 0.3) is 11.1 Å². The molecule has 1 unspecified atom stereocenters. The molecule has 0 bridgehead atoms. The van der Waals surface area contributed by atoms with Crippen molar-refractivity contribution in [1.29, 1.82) is 0 Å². The van der Waals surface area contributed by atoms with E-state index in [-0.39, 0.29) is 18.0 Å². The fourth-order valence-corrected chi connectivity index (χ4v) is 7.29. The van der Waals surface area contributed by atoms with Crippen molar-refractivity contribution in [2.24, 2.45) is 5.92 Å². The molecule has 7 nitrogen and oxygen atoms in total. The van der Waals surface area contributed by atoms with Gasteiger partial charge >= 0.3 is 17.9 Å². The van der Waals surface area contributed by atoms with E-state index in [1.807, 2.05) is 43.3 Å². The van der Waals surface area contributed by atoms with Crippen LogP contribution in [0.2, 0.25) is 0 Å². The van der Waals surface area contributed by atoms with E-state index in [0.29, 0.717) is 48.2 Å². The predicted molar refractivity (Wildman–Crippen MR) is 221 cm³/mol. The van der Waals surface area contributed by atoms with Crippen LogP contribution in [0.15, 0.2) is 72.8 Å². The molecule has 1 aliphatic carbocycles. The lowest BCUT2D eigenvalue weighted by Crippen LogP contribution is -2.15. The summed E-state index contributed by atoms with van der Waals surface area (Å²) in [6, 6.07) is 22.0. The topological polar surface area (TPSA) is 88.1 Å². The van der Waals surface area contributed by atoms with Crippen LogP contribution in [-0.2, 0) is 14.3 Å². The van der Waals surface area contributed by atoms with Crippen molar-refractivity contribution in [2.75, 3.05) is 13.2 Å². The zero-order valence-electron chi connectivity index (χ0n) is 33.7. The first-order valence-corrected chi connectivity index (χ1v) is 21.4. The van der Waals surface area contributed by atoms with E-state index in [9.17, 15) is 14.4 Å². The SMILES string of the molecule is CCCCCCC(C)OC(=O)c1ccc(OC(=O)c2ccc(-c3ccccc3)c(OCCCCCCCCCCCOC(=O)CC3CCCCCC3)c2)cc1. The first-order chi connectivity index (χ1) is 26.9. The van der Waals surface area contributed by atoms with Crippen molar-refractivity contribution in [1.82, 2.24) is 0 Å². The molecule has 0 amide bonds. The molecule has 0 aliphatic heterocycles. The van der Waals surface area contributed by atoms with Gasteiger partial charge in [-0.05, 0) is 99.4 Å². The van der Waals surface area contributed by atoms with Gasteiger partial charge in [0.05, 0.1) is 30.4 Å². The second-order valence-electron chi connectivity index (χ2n) is 15.4. The number of rotatable bonds is 25. The predicted octanol–water partition coefficient (Wildman–Crippen LogP) is 12.9. The van der Waals surface area contributed by atoms with Crippen molar-refractivity contribution in [2.45, 2.75) is 155 Å². The van der Waals surface area contributed by atoms with Crippen LogP contribution < -0.4 is 9.47 Å². The van der Waals surface area contributed by atoms with Crippen LogP contribution in [0.5, 0.6) is 11.5 Å². The zero-order valence-corrected chi connectivity index (χ0v) is 33.7. The molecule has 0 saturated heterocycles. The smallest absolute Gasteiger partial charge is 0.343 e. The van der Waals surface area contributed by atoms with Gasteiger partial charge in [0.2, 0.25) is 0 Å². The minimum atomic E-state index is -0.494. The van der Waals surface area contributed by atoms with E-state index in [2.05, 4.69) is 6.92 Å². The molecule has 1 atom stereocenters. The van der Waals surface area contributed by atoms with E-state index in [0.717, 1.165) is 62.5 Å². The van der Waals surface area contributed by atoms with E-state index in [1.165, 1.54) is 77.0 Å². The first-order valence-electron chi connectivity index (χ1n) is 21.4. The van der Waals surface area contributed by atoms with Crippen molar-refractivity contribution in [3.05, 3.63) is 83.9 Å². The number of carbonyl (C=O) groups excluding carboxylic acids is 3. The molecular weight excluding hydrogens is 689 g/mol. The maximum atomic E-state index is 13.2. The van der Waals surface area contributed by atoms with Crippen molar-refractivity contribution in [3.8, 4) is 22.6 Å². The van der Waals surface area contributed by atoms with Crippen LogP contribution >= 0.6 is 0 Å². The summed E-state index contributed by atoms with van der Waals surface area (Å²) in [7, 11) is 0. The average molecular weight is 755 g/mol. The Kier molecular flexibility index (Phi) is 20.5. The molecule has 0 radical (unpaired) electrons. The third kappa shape index (κ3) is 17.0. The Bertz CT molecular complexity index is 1530. The second-order valence-corrected chi connectivity index (χ2v) is 15.4. The van der Waals surface area contributed by atoms with Gasteiger partial charge in [-0.25, -0.2) is 9.59 Å². The number of hydrogen-bond acceptors (Lipinski definition) is 7. The summed E-state index contributed by atoms with van der Waals surface area (Å²) in [5.41, 5.74) is 2.76. The van der Waals surface area contributed by atoms with Crippen LogP contribution in [0.1, 0.15) is 169 Å². The molecule has 0 spiro atoms. The highest BCUT2D eigenvalue weighted by Crippen LogP contribution is 2.32. The van der Waals surface area contributed by atoms with Gasteiger partial charge in [-0.15, -0.1) is 0 Å². The second kappa shape index (κ2) is 25.9. The standard InChI is InChI=1S/C48H66O7/c1-3-4-5-16-23-38(2)54-47(50)41-28-31-43(32-29-41)55-48(51)42-30-33-44(40-26-19-15-20-27-40)45(37-42)52-34-21-13-9-7-6-8-10-14-22-35-53-46(49)36-39-24-17-11-12-18-25-39/h15,19-20,26-33,37-39H,3-14,16-18,21-25,34-36H2,1-2H3. The molecule has 1 aliphatic rings. The highest BCUT2D eigenvalue weighted by Gasteiger charge is 2.18. The van der Waals surface area contributed by atoms with Crippen LogP contribution in [-0.4, -0.2) is 37.2 Å². The number of benzene rings is 3. The highest BCUT2D eigenvalue weighted by molar-refractivity contribution is 5.93. The van der Waals surface area contributed by atoms with Gasteiger partial charge in [0, 0.05) is 12.0 Å². The van der Waals surface area contributed by atoms with Crippen molar-refractivity contribution >= 4 is 17.9 Å². The van der Waals surface area contributed by atoms with Gasteiger partial charge in [-0.2, -0.15) is 0 Å². The fraction of sp³-hybridized carbons (Fsp3) is 0.562. The van der Waals surface area contributed by atoms with Crippen molar-refractivity contribution < 1.29 is 33.3 Å². The number of hydrogen-bond donors (Lipinski definition) is 0. The first kappa shape index (κ1) is 43.6. The summed E-state index contributed by atoms with van der Waals surface area (Å²) < 4.78 is 23.1. The molecule has 1 saturated carbocycles. The summed E-state index contributed by atoms with van der Waals surface area (Å²) >= 11 is 0. The van der Waals surface area contributed by atoms with Gasteiger partial charge in [0.1, 0.15) is 11.5 Å². The molecule has 3 aromatic carbocycles. The molecule has 3 aromatic rings. The number of ether oxygens (including phenoxy) is 4. The zero-order chi connectivity index (χ0) is 38.9. The number of esters is 3. The monoisotopic (exact) mass is 754 g/mol. The molecule has 7 heteroatoms. The van der Waals surface area contributed by atoms with E-state index in [4.69, 9.17) is 18.9 Å². The van der Waals surface area contributed by atoms with E-state index in [1.54, 1.807) is 36.4 Å². The largest absolute Gasteiger partial charge is 0.493 e. The molecule has 0 aromatic heterocycles. The summed E-state index contributed by atoms with van der Waals surface area (Å²) in [5.74, 6) is 0.668. The molecule has 0 N–H and O–H groups in total. The van der Waals surface area contributed by atoms with Gasteiger partial charge in [0.15, 0.2) is 0 Å². The molecule has 1 fully saturated rings. The maximum absolute atomic E-state index is 13.2. The van der Waals surface area contributed by atoms with Crippen molar-refractivity contribution in [3.63, 3.8) is 0 Å². The van der Waals surface area contributed by atoms with Gasteiger partial charge in [0.25, 0.3) is 0 Å². The van der Waals surface area contributed by atoms with E-state index < -0.39 is 5.97 Å². The Morgan fingerprint density at radius 1 is 0.655 bits per heavy atom. The maximum Gasteiger partial charge on any atom is 0.343 e. The van der Waals surface area contributed by atoms with Crippen LogP contribution in [0.3, 0.4) is 0 Å². The Labute approximate surface area is 330 Å². The number of unbranched alkanes of at least 4 members (excludes halogenated alkanes) is 11. The minimum absolute atomic E-state index is 0.000463. The van der Waals surface area contributed by atoms with Gasteiger partial charge < -0.3 is 18.9 Å². The minimum Gasteiger partial charge on any atom is -0.493 e. The fourth-order valence-electron chi connectivity index (χ4n) is 7.29. The summed E-state index contributed by atoms with van der Waals surface area (Å²) in [6.45, 7) is 5.23. The van der Waals surface area contributed by atoms with Crippen LogP contribution in [0.4, 0.5) is 0 Å². The highest BCUT2D eigenvalue weighted by atomic mass is 16.5. The van der Waals surface area contributed by atoms with Gasteiger partial charge in [-0.3, -0.25) is 4.79 Å². The Morgan fingerprint density at radius 2 is 1.27 bits per heavy atom. The average Bonchev–Trinajstić information content (AvgIpc) is 3.47. The summed E-state index contributed by atoms with van der Waals surface area (Å²) in [6.07, 6.45) is 23.4.